The first-order chi connectivity index (χ1) is 6.49. The van der Waals surface area contributed by atoms with Gasteiger partial charge in [-0.3, -0.25) is 0 Å². The van der Waals surface area contributed by atoms with Gasteiger partial charge in [-0.25, -0.2) is 0 Å². The minimum Gasteiger partial charge on any atom is -0.547 e. The van der Waals surface area contributed by atoms with Crippen LogP contribution < -0.4 is 5.11 Å². The Balaban J connectivity index is 3.20. The van der Waals surface area contributed by atoms with Crippen LogP contribution in [0, 0.1) is 5.92 Å². The number of hydrogen-bond donors (Lipinski definition) is 1. The lowest BCUT2D eigenvalue weighted by molar-refractivity contribution is -0.329. The van der Waals surface area contributed by atoms with E-state index in [4.69, 9.17) is 0 Å². The van der Waals surface area contributed by atoms with Crippen molar-refractivity contribution in [2.75, 3.05) is 0 Å². The van der Waals surface area contributed by atoms with E-state index in [0.717, 1.165) is 0 Å². The first-order valence-corrected chi connectivity index (χ1v) is 4.49. The Morgan fingerprint density at radius 1 is 1.36 bits per heavy atom. The number of carbonyl (C=O) groups excluding carboxylic acids is 1. The molecule has 0 aliphatic heterocycles. The number of hydrogen-bond acceptors (Lipinski definition) is 3. The van der Waals surface area contributed by atoms with Gasteiger partial charge in [0.15, 0.2) is 0 Å². The van der Waals surface area contributed by atoms with Crippen LogP contribution in [0.5, 0.6) is 0 Å². The monoisotopic (exact) mass is 193 g/mol. The molecule has 0 saturated heterocycles. The number of carboxylic acid groups (broad SMARTS) is 1. The molecule has 1 aromatic carbocycles. The minimum atomic E-state index is -1.90. The number of carbonyl (C=O) groups is 1. The van der Waals surface area contributed by atoms with Crippen molar-refractivity contribution in [3.05, 3.63) is 35.9 Å². The van der Waals surface area contributed by atoms with Gasteiger partial charge in [-0.15, -0.1) is 0 Å². The van der Waals surface area contributed by atoms with E-state index < -0.39 is 17.5 Å². The van der Waals surface area contributed by atoms with Crippen LogP contribution in [0.15, 0.2) is 30.3 Å². The third-order valence-electron chi connectivity index (χ3n) is 2.36. The van der Waals surface area contributed by atoms with E-state index in [-0.39, 0.29) is 0 Å². The Hall–Kier alpha value is -1.35. The molecule has 0 fully saturated rings. The Bertz CT molecular complexity index is 319. The zero-order valence-corrected chi connectivity index (χ0v) is 8.23. The fourth-order valence-electron chi connectivity index (χ4n) is 1.38. The van der Waals surface area contributed by atoms with Crippen LogP contribution in [0.25, 0.3) is 0 Å². The van der Waals surface area contributed by atoms with Gasteiger partial charge in [0.25, 0.3) is 0 Å². The maximum atomic E-state index is 10.9. The van der Waals surface area contributed by atoms with Crippen LogP contribution in [0.4, 0.5) is 0 Å². The maximum absolute atomic E-state index is 10.9. The summed E-state index contributed by atoms with van der Waals surface area (Å²) in [7, 11) is 0. The highest BCUT2D eigenvalue weighted by Crippen LogP contribution is 2.28. The molecule has 0 aliphatic rings. The summed E-state index contributed by atoms with van der Waals surface area (Å²) in [5.41, 5.74) is -1.55. The summed E-state index contributed by atoms with van der Waals surface area (Å²) in [6.45, 7) is 3.28. The molecule has 0 aromatic heterocycles. The molecule has 76 valence electrons. The zero-order chi connectivity index (χ0) is 10.8. The number of carboxylic acids is 1. The van der Waals surface area contributed by atoms with Crippen molar-refractivity contribution in [2.45, 2.75) is 19.4 Å². The summed E-state index contributed by atoms with van der Waals surface area (Å²) in [4.78, 5) is 10.9. The zero-order valence-electron chi connectivity index (χ0n) is 8.23. The van der Waals surface area contributed by atoms with Gasteiger partial charge in [-0.05, 0) is 11.5 Å². The normalized spacial score (nSPS) is 15.1. The molecule has 1 atom stereocenters. The van der Waals surface area contributed by atoms with Gasteiger partial charge in [0, 0.05) is 0 Å². The van der Waals surface area contributed by atoms with Gasteiger partial charge in [-0.2, -0.15) is 0 Å². The third kappa shape index (κ3) is 1.63. The lowest BCUT2D eigenvalue weighted by Crippen LogP contribution is -2.49. The number of benzene rings is 1. The molecule has 3 nitrogen and oxygen atoms in total. The van der Waals surface area contributed by atoms with E-state index in [1.165, 1.54) is 0 Å². The quantitative estimate of drug-likeness (QED) is 0.750. The van der Waals surface area contributed by atoms with Crippen LogP contribution in [0.1, 0.15) is 19.4 Å². The summed E-state index contributed by atoms with van der Waals surface area (Å²) < 4.78 is 0. The summed E-state index contributed by atoms with van der Waals surface area (Å²) in [6.07, 6.45) is 0. The van der Waals surface area contributed by atoms with Crippen molar-refractivity contribution in [2.24, 2.45) is 5.92 Å². The maximum Gasteiger partial charge on any atom is 0.131 e. The second-order valence-corrected chi connectivity index (χ2v) is 3.57. The van der Waals surface area contributed by atoms with Crippen LogP contribution in [0.3, 0.4) is 0 Å². The molecule has 0 aliphatic carbocycles. The molecule has 1 N–H and O–H groups in total. The molecule has 3 heteroatoms. The minimum absolute atomic E-state index is 0.356. The second kappa shape index (κ2) is 3.80. The average Bonchev–Trinajstić information content (AvgIpc) is 2.17. The van der Waals surface area contributed by atoms with E-state index >= 15 is 0 Å². The van der Waals surface area contributed by atoms with E-state index in [1.807, 2.05) is 0 Å². The van der Waals surface area contributed by atoms with Crippen LogP contribution >= 0.6 is 0 Å². The molecule has 0 saturated carbocycles. The first kappa shape index (κ1) is 10.7. The Morgan fingerprint density at radius 2 is 1.86 bits per heavy atom. The molecule has 14 heavy (non-hydrogen) atoms. The lowest BCUT2D eigenvalue weighted by atomic mass is 9.83. The summed E-state index contributed by atoms with van der Waals surface area (Å²) in [6, 6.07) is 8.29. The van der Waals surface area contributed by atoms with Crippen molar-refractivity contribution in [1.82, 2.24) is 0 Å². The fraction of sp³-hybridized carbons (Fsp3) is 0.364. The molecular weight excluding hydrogens is 180 g/mol. The fourth-order valence-corrected chi connectivity index (χ4v) is 1.38. The first-order valence-electron chi connectivity index (χ1n) is 4.49. The average molecular weight is 193 g/mol. The second-order valence-electron chi connectivity index (χ2n) is 3.57. The van der Waals surface area contributed by atoms with Crippen molar-refractivity contribution >= 4 is 5.97 Å². The molecule has 1 rings (SSSR count). The highest BCUT2D eigenvalue weighted by molar-refractivity contribution is 5.77. The van der Waals surface area contributed by atoms with Crippen LogP contribution in [-0.2, 0) is 10.4 Å². The van der Waals surface area contributed by atoms with Gasteiger partial charge in [0.1, 0.15) is 5.60 Å². The predicted molar refractivity (Wildman–Crippen MR) is 50.2 cm³/mol. The van der Waals surface area contributed by atoms with Crippen LogP contribution in [-0.4, -0.2) is 11.1 Å². The molecule has 0 heterocycles. The Kier molecular flexibility index (Phi) is 2.91. The van der Waals surface area contributed by atoms with E-state index in [0.29, 0.717) is 5.56 Å². The van der Waals surface area contributed by atoms with Crippen molar-refractivity contribution in [3.63, 3.8) is 0 Å². The van der Waals surface area contributed by atoms with E-state index in [9.17, 15) is 15.0 Å². The van der Waals surface area contributed by atoms with E-state index in [2.05, 4.69) is 0 Å². The molecular formula is C11H13O3-. The van der Waals surface area contributed by atoms with Gasteiger partial charge in [0.05, 0.1) is 5.97 Å². The number of aliphatic carboxylic acids is 1. The topological polar surface area (TPSA) is 60.4 Å². The van der Waals surface area contributed by atoms with E-state index in [1.54, 1.807) is 44.2 Å². The molecule has 1 aromatic rings. The third-order valence-corrected chi connectivity index (χ3v) is 2.36. The molecule has 0 amide bonds. The molecule has 0 unspecified atom stereocenters. The number of rotatable bonds is 3. The van der Waals surface area contributed by atoms with Gasteiger partial charge in [-0.1, -0.05) is 44.2 Å². The summed E-state index contributed by atoms with van der Waals surface area (Å²) in [5.74, 6) is -1.89. The standard InChI is InChI=1S/C11H14O3/c1-8(2)11(14,10(12)13)9-6-4-3-5-7-9/h3-8,14H,1-2H3,(H,12,13)/p-1/t11-/m0/s1. The van der Waals surface area contributed by atoms with Gasteiger partial charge >= 0.3 is 0 Å². The van der Waals surface area contributed by atoms with Crippen LogP contribution in [0.2, 0.25) is 0 Å². The SMILES string of the molecule is CC(C)[C@@](O)(C(=O)[O-])c1ccccc1. The van der Waals surface area contributed by atoms with Crippen molar-refractivity contribution in [3.8, 4) is 0 Å². The summed E-state index contributed by atoms with van der Waals surface area (Å²) >= 11 is 0. The summed E-state index contributed by atoms with van der Waals surface area (Å²) in [5, 5.41) is 20.9. The highest BCUT2D eigenvalue weighted by atomic mass is 16.4. The Morgan fingerprint density at radius 3 is 2.21 bits per heavy atom. The smallest absolute Gasteiger partial charge is 0.131 e. The Labute approximate surface area is 83.0 Å². The highest BCUT2D eigenvalue weighted by Gasteiger charge is 2.34. The molecule has 0 spiro atoms. The lowest BCUT2D eigenvalue weighted by Gasteiger charge is -2.33. The van der Waals surface area contributed by atoms with Crippen molar-refractivity contribution < 1.29 is 15.0 Å². The number of aliphatic hydroxyl groups is 1. The van der Waals surface area contributed by atoms with Gasteiger partial charge < -0.3 is 15.0 Å². The van der Waals surface area contributed by atoms with Gasteiger partial charge in [0.2, 0.25) is 0 Å². The molecule has 0 radical (unpaired) electrons. The molecule has 0 bridgehead atoms. The van der Waals surface area contributed by atoms with Crippen molar-refractivity contribution in [1.29, 1.82) is 0 Å². The predicted octanol–water partition coefficient (Wildman–Crippen LogP) is 0.280. The largest absolute Gasteiger partial charge is 0.547 e.